The molecule has 0 amide bonds. The summed E-state index contributed by atoms with van der Waals surface area (Å²) in [6, 6.07) is 1.73. The molecule has 6 fully saturated rings. The number of carboxylic acids is 1. The van der Waals surface area contributed by atoms with Crippen molar-refractivity contribution in [2.24, 2.45) is 34.0 Å². The van der Waals surface area contributed by atoms with Gasteiger partial charge in [-0.1, -0.05) is 48.5 Å². The maximum atomic E-state index is 13.3. The van der Waals surface area contributed by atoms with Gasteiger partial charge in [0.1, 0.15) is 22.9 Å². The normalized spacial score (nSPS) is 44.1. The second-order valence-electron chi connectivity index (χ2n) is 16.9. The number of rotatable bonds is 9. The van der Waals surface area contributed by atoms with Gasteiger partial charge < -0.3 is 48.2 Å². The van der Waals surface area contributed by atoms with Crippen LogP contribution in [-0.2, 0) is 47.6 Å². The van der Waals surface area contributed by atoms with E-state index in [1.807, 2.05) is 48.5 Å². The Balaban J connectivity index is 0.000000878. The Morgan fingerprint density at radius 3 is 2.11 bits per heavy atom. The number of fused-ring (bicyclic) bond motifs is 2. The minimum absolute atomic E-state index is 0.0426. The number of aliphatic hydroxyl groups is 2. The molecule has 4 aliphatic carbocycles. The quantitative estimate of drug-likeness (QED) is 0.112. The van der Waals surface area contributed by atoms with Crippen molar-refractivity contribution in [1.29, 1.82) is 0 Å². The van der Waals surface area contributed by atoms with Crippen LogP contribution >= 0.6 is 0 Å². The summed E-state index contributed by atoms with van der Waals surface area (Å²) >= 11 is 0. The number of carbonyl (C=O) groups is 4. The van der Waals surface area contributed by atoms with Crippen molar-refractivity contribution in [3.05, 3.63) is 35.5 Å². The topological polar surface area (TPSA) is 197 Å². The Morgan fingerprint density at radius 1 is 0.981 bits per heavy atom. The van der Waals surface area contributed by atoms with Crippen LogP contribution in [0.25, 0.3) is 0 Å². The Morgan fingerprint density at radius 2 is 1.59 bits per heavy atom. The molecule has 302 valence electrons. The molecule has 12 atom stereocenters. The molecular weight excluding hydrogens is 704 g/mol. The molecule has 1 aromatic rings. The zero-order valence-corrected chi connectivity index (χ0v) is 33.6. The van der Waals surface area contributed by atoms with Gasteiger partial charge in [0.25, 0.3) is 18.4 Å². The molecule has 2 saturated heterocycles. The highest BCUT2D eigenvalue weighted by molar-refractivity contribution is 5.70. The molecule has 4 bridgehead atoms. The van der Waals surface area contributed by atoms with Gasteiger partial charge in [-0.15, -0.1) is 0 Å². The number of hydrogen-bond donors (Lipinski definition) is 3. The van der Waals surface area contributed by atoms with Gasteiger partial charge in [-0.25, -0.2) is 0 Å². The molecule has 54 heavy (non-hydrogen) atoms. The Bertz CT molecular complexity index is 1680. The molecule has 7 rings (SSSR count). The summed E-state index contributed by atoms with van der Waals surface area (Å²) in [5.74, 6) is -5.00. The number of furan rings is 1. The first-order valence-corrected chi connectivity index (χ1v) is 18.8. The number of carboxylic acid groups (broad SMARTS) is 1. The zero-order chi connectivity index (χ0) is 40.7. The average Bonchev–Trinajstić information content (AvgIpc) is 3.79. The second kappa shape index (κ2) is 13.3. The molecule has 2 spiro atoms. The van der Waals surface area contributed by atoms with Crippen LogP contribution in [0, 0.1) is 34.0 Å². The molecule has 3 heterocycles. The molecule has 2 aliphatic heterocycles. The van der Waals surface area contributed by atoms with E-state index in [9.17, 15) is 24.6 Å². The van der Waals surface area contributed by atoms with E-state index < -0.39 is 86.6 Å². The van der Waals surface area contributed by atoms with E-state index >= 15 is 0 Å². The second-order valence-corrected chi connectivity index (χ2v) is 16.9. The number of hydrogen-bond acceptors (Lipinski definition) is 13. The summed E-state index contributed by atoms with van der Waals surface area (Å²) < 4.78 is 44.3. The predicted octanol–water partition coefficient (Wildman–Crippen LogP) is 6.16. The standard InChI is InChI=1S/C36H48O12.C2H4O2.C2H6/c1-19(2)25(40)20(3)26-30(6,27(45-21(4)38)22-10-13-43-15-22)11-12-34-31(7)23(14-24(39)42-9)29(5)16-33(41)28(44-18-37)36(26,34)48-32(8,46-34)47-35(31,33)17-29;1-2(3)4;1-2/h10,13,15,18-19,23,26-28,40-41H,11-12,14,16-17H2,1-9H3;1H3,(H,3,4);1-2H3/b25-20+;;. The van der Waals surface area contributed by atoms with Crippen LogP contribution in [0.4, 0.5) is 0 Å². The first kappa shape index (κ1) is 41.7. The number of allylic oxidation sites excluding steroid dienone is 1. The summed E-state index contributed by atoms with van der Waals surface area (Å²) in [5.41, 5.74) is -7.87. The summed E-state index contributed by atoms with van der Waals surface area (Å²) in [7, 11) is 1.36. The fourth-order valence-corrected chi connectivity index (χ4v) is 12.7. The SMILES string of the molecule is CC.CC(=O)O.COC(=O)CC1C2(C)CC3(O)C(OC=O)C45OC6(C)OC3(C2)C1(C)C4(CCC(C)(C(OC(C)=O)c1ccoc1)C5/C(C)=C(/O)C(C)C)O6. The number of methoxy groups -OCH3 is 1. The molecule has 6 aliphatic rings. The fourth-order valence-electron chi connectivity index (χ4n) is 12.7. The molecule has 14 heteroatoms. The van der Waals surface area contributed by atoms with E-state index in [1.54, 1.807) is 19.9 Å². The molecule has 14 nitrogen and oxygen atoms in total. The molecule has 1 aromatic heterocycles. The third-order valence-corrected chi connectivity index (χ3v) is 13.8. The number of aliphatic hydroxyl groups excluding tert-OH is 1. The number of carbonyl (C=O) groups excluding carboxylic acids is 3. The van der Waals surface area contributed by atoms with E-state index in [0.717, 1.165) is 6.92 Å². The highest BCUT2D eigenvalue weighted by Crippen LogP contribution is 2.89. The summed E-state index contributed by atoms with van der Waals surface area (Å²) in [5, 5.41) is 32.6. The lowest BCUT2D eigenvalue weighted by Gasteiger charge is -2.76. The van der Waals surface area contributed by atoms with Crippen molar-refractivity contribution >= 4 is 24.4 Å². The van der Waals surface area contributed by atoms with E-state index in [-0.39, 0.29) is 24.5 Å². The first-order chi connectivity index (χ1) is 25.1. The first-order valence-electron chi connectivity index (χ1n) is 18.8. The van der Waals surface area contributed by atoms with Gasteiger partial charge in [-0.05, 0) is 55.6 Å². The minimum Gasteiger partial charge on any atom is -0.512 e. The number of esters is 2. The van der Waals surface area contributed by atoms with Crippen molar-refractivity contribution in [2.75, 3.05) is 7.11 Å². The lowest BCUT2D eigenvalue weighted by atomic mass is 9.33. The minimum atomic E-state index is -1.80. The lowest BCUT2D eigenvalue weighted by molar-refractivity contribution is -0.470. The molecule has 4 saturated carbocycles. The van der Waals surface area contributed by atoms with Crippen molar-refractivity contribution in [3.8, 4) is 0 Å². The van der Waals surface area contributed by atoms with E-state index in [1.165, 1.54) is 26.6 Å². The van der Waals surface area contributed by atoms with E-state index in [0.29, 0.717) is 36.9 Å². The third kappa shape index (κ3) is 5.04. The van der Waals surface area contributed by atoms with Crippen LogP contribution in [0.2, 0.25) is 0 Å². The zero-order valence-electron chi connectivity index (χ0n) is 33.6. The molecule has 0 radical (unpaired) electrons. The Labute approximate surface area is 316 Å². The summed E-state index contributed by atoms with van der Waals surface area (Å²) in [6.45, 7) is 20.0. The van der Waals surface area contributed by atoms with E-state index in [2.05, 4.69) is 0 Å². The van der Waals surface area contributed by atoms with Crippen molar-refractivity contribution in [2.45, 2.75) is 149 Å². The highest BCUT2D eigenvalue weighted by atomic mass is 16.9. The van der Waals surface area contributed by atoms with Gasteiger partial charge in [0.15, 0.2) is 11.7 Å². The monoisotopic (exact) mass is 762 g/mol. The van der Waals surface area contributed by atoms with Gasteiger partial charge >= 0.3 is 11.9 Å². The number of ether oxygens (including phenoxy) is 6. The molecule has 12 unspecified atom stereocenters. The molecule has 0 aromatic carbocycles. The summed E-state index contributed by atoms with van der Waals surface area (Å²) in [4.78, 5) is 47.6. The van der Waals surface area contributed by atoms with Gasteiger partial charge in [-0.3, -0.25) is 19.2 Å². The van der Waals surface area contributed by atoms with Crippen LogP contribution < -0.4 is 0 Å². The Hall–Kier alpha value is -3.46. The van der Waals surface area contributed by atoms with E-state index in [4.69, 9.17) is 42.7 Å². The summed E-state index contributed by atoms with van der Waals surface area (Å²) in [6.07, 6.45) is 2.00. The fraction of sp³-hybridized carbons (Fsp3) is 0.750. The Kier molecular flexibility index (Phi) is 10.3. The molecule has 3 N–H and O–H groups in total. The van der Waals surface area contributed by atoms with Gasteiger partial charge in [0.2, 0.25) is 0 Å². The van der Waals surface area contributed by atoms with Crippen molar-refractivity contribution in [3.63, 3.8) is 0 Å². The van der Waals surface area contributed by atoms with Crippen LogP contribution in [0.1, 0.15) is 120 Å². The van der Waals surface area contributed by atoms with Gasteiger partial charge in [-0.2, -0.15) is 0 Å². The largest absolute Gasteiger partial charge is 0.512 e. The van der Waals surface area contributed by atoms with Gasteiger partial charge in [0, 0.05) is 55.4 Å². The average molecular weight is 763 g/mol. The molecular formula is C40H58O14. The lowest BCUT2D eigenvalue weighted by Crippen LogP contribution is -2.91. The van der Waals surface area contributed by atoms with Crippen molar-refractivity contribution < 1.29 is 67.3 Å². The van der Waals surface area contributed by atoms with Crippen LogP contribution in [0.15, 0.2) is 34.3 Å². The maximum absolute atomic E-state index is 13.3. The smallest absolute Gasteiger partial charge is 0.305 e. The highest BCUT2D eigenvalue weighted by Gasteiger charge is 3.01. The number of aliphatic carboxylic acids is 1. The van der Waals surface area contributed by atoms with Gasteiger partial charge in [0.05, 0.1) is 25.4 Å². The van der Waals surface area contributed by atoms with Crippen molar-refractivity contribution in [1.82, 2.24) is 0 Å². The van der Waals surface area contributed by atoms with Crippen LogP contribution in [0.3, 0.4) is 0 Å². The third-order valence-electron chi connectivity index (χ3n) is 13.8. The van der Waals surface area contributed by atoms with Crippen LogP contribution in [-0.4, -0.2) is 81.3 Å². The maximum Gasteiger partial charge on any atom is 0.305 e. The van der Waals surface area contributed by atoms with Crippen LogP contribution in [0.5, 0.6) is 0 Å². The predicted molar refractivity (Wildman–Crippen MR) is 190 cm³/mol.